The summed E-state index contributed by atoms with van der Waals surface area (Å²) < 4.78 is 12.2. The predicted octanol–water partition coefficient (Wildman–Crippen LogP) is -1.25. The van der Waals surface area contributed by atoms with Crippen molar-refractivity contribution in [2.24, 2.45) is 0 Å². The van der Waals surface area contributed by atoms with E-state index in [2.05, 4.69) is 15.0 Å². The van der Waals surface area contributed by atoms with Crippen LogP contribution in [-0.4, -0.2) is 66.9 Å². The summed E-state index contributed by atoms with van der Waals surface area (Å²) in [6.07, 6.45) is -2.90. The first-order chi connectivity index (χ1) is 10.1. The summed E-state index contributed by atoms with van der Waals surface area (Å²) >= 11 is 0. The molecule has 4 atom stereocenters. The average molecular weight is 296 g/mol. The minimum atomic E-state index is -1.23. The molecule has 1 aliphatic heterocycles. The Hall–Kier alpha value is -1.81. The van der Waals surface area contributed by atoms with Crippen molar-refractivity contribution in [3.05, 3.63) is 12.0 Å². The fourth-order valence-corrected chi connectivity index (χ4v) is 2.47. The molecule has 2 aromatic rings. The van der Waals surface area contributed by atoms with Crippen LogP contribution >= 0.6 is 0 Å². The van der Waals surface area contributed by atoms with Gasteiger partial charge in [0.05, 0.1) is 19.4 Å². The van der Waals surface area contributed by atoms with Gasteiger partial charge >= 0.3 is 6.01 Å². The van der Waals surface area contributed by atoms with Gasteiger partial charge in [0.15, 0.2) is 11.9 Å². The van der Waals surface area contributed by atoms with E-state index in [0.29, 0.717) is 16.9 Å². The number of methoxy groups -OCH3 is 1. The lowest BCUT2D eigenvalue weighted by Crippen LogP contribution is -2.33. The third-order valence-electron chi connectivity index (χ3n) is 3.58. The van der Waals surface area contributed by atoms with Crippen LogP contribution in [0.25, 0.3) is 11.2 Å². The highest BCUT2D eigenvalue weighted by atomic mass is 16.6. The van der Waals surface area contributed by atoms with E-state index in [1.165, 1.54) is 18.0 Å². The second kappa shape index (κ2) is 5.19. The second-order valence-corrected chi connectivity index (χ2v) is 4.83. The Kier molecular flexibility index (Phi) is 3.49. The lowest BCUT2D eigenvalue weighted by Gasteiger charge is -2.18. The molecule has 9 nitrogen and oxygen atoms in total. The maximum absolute atomic E-state index is 10.1. The summed E-state index contributed by atoms with van der Waals surface area (Å²) in [7, 11) is 1.43. The van der Waals surface area contributed by atoms with E-state index in [1.54, 1.807) is 6.92 Å². The number of aryl methyl sites for hydroxylation is 1. The smallest absolute Gasteiger partial charge is 0.300 e. The number of fused-ring (bicyclic) bond motifs is 1. The van der Waals surface area contributed by atoms with Gasteiger partial charge in [-0.15, -0.1) is 0 Å². The van der Waals surface area contributed by atoms with Crippen molar-refractivity contribution in [3.8, 4) is 6.01 Å². The molecule has 114 valence electrons. The first kappa shape index (κ1) is 14.1. The molecular weight excluding hydrogens is 280 g/mol. The minimum absolute atomic E-state index is 0.184. The summed E-state index contributed by atoms with van der Waals surface area (Å²) in [5, 5.41) is 29.2. The van der Waals surface area contributed by atoms with Gasteiger partial charge in [-0.05, 0) is 6.92 Å². The number of aliphatic hydroxyl groups is 3. The van der Waals surface area contributed by atoms with E-state index in [9.17, 15) is 15.3 Å². The Morgan fingerprint density at radius 2 is 2.10 bits per heavy atom. The number of nitrogens with zero attached hydrogens (tertiary/aromatic N) is 4. The standard InChI is InChI=1S/C12H16N4O5/c1-5-7-10(14-4-13-5)16(12(15-7)20-2)11-9(19)8(18)6(3-17)21-11/h4,6,8-9,11,17-19H,3H2,1-2H3/t6-,8-,9-,11-/m1/s1. The van der Waals surface area contributed by atoms with Crippen molar-refractivity contribution in [3.63, 3.8) is 0 Å². The predicted molar refractivity (Wildman–Crippen MR) is 69.6 cm³/mol. The molecular formula is C12H16N4O5. The second-order valence-electron chi connectivity index (χ2n) is 4.83. The highest BCUT2D eigenvalue weighted by Crippen LogP contribution is 2.35. The zero-order valence-electron chi connectivity index (χ0n) is 11.5. The molecule has 0 spiro atoms. The quantitative estimate of drug-likeness (QED) is 0.642. The van der Waals surface area contributed by atoms with Gasteiger partial charge in [-0.25, -0.2) is 14.5 Å². The number of aliphatic hydroxyl groups excluding tert-OH is 3. The molecule has 1 saturated heterocycles. The van der Waals surface area contributed by atoms with Crippen molar-refractivity contribution in [1.82, 2.24) is 19.5 Å². The molecule has 0 amide bonds. The van der Waals surface area contributed by atoms with Crippen molar-refractivity contribution < 1.29 is 24.8 Å². The van der Waals surface area contributed by atoms with Crippen LogP contribution in [0.5, 0.6) is 6.01 Å². The van der Waals surface area contributed by atoms with Gasteiger partial charge in [-0.3, -0.25) is 0 Å². The Morgan fingerprint density at radius 3 is 2.71 bits per heavy atom. The van der Waals surface area contributed by atoms with Crippen LogP contribution in [0.15, 0.2) is 6.33 Å². The van der Waals surface area contributed by atoms with Gasteiger partial charge in [0, 0.05) is 0 Å². The summed E-state index contributed by atoms with van der Waals surface area (Å²) in [5.74, 6) is 0. The van der Waals surface area contributed by atoms with Crippen LogP contribution in [0, 0.1) is 6.92 Å². The van der Waals surface area contributed by atoms with Crippen molar-refractivity contribution in [1.29, 1.82) is 0 Å². The van der Waals surface area contributed by atoms with Gasteiger partial charge in [0.2, 0.25) is 0 Å². The zero-order valence-corrected chi connectivity index (χ0v) is 11.5. The molecule has 3 N–H and O–H groups in total. The number of aromatic nitrogens is 4. The molecule has 0 radical (unpaired) electrons. The molecule has 0 unspecified atom stereocenters. The first-order valence-electron chi connectivity index (χ1n) is 6.44. The third-order valence-corrected chi connectivity index (χ3v) is 3.58. The molecule has 0 saturated carbocycles. The zero-order chi connectivity index (χ0) is 15.1. The molecule has 3 rings (SSSR count). The highest BCUT2D eigenvalue weighted by molar-refractivity contribution is 5.74. The number of ether oxygens (including phenoxy) is 2. The molecule has 3 heterocycles. The average Bonchev–Trinajstić information content (AvgIpc) is 2.99. The lowest BCUT2D eigenvalue weighted by molar-refractivity contribution is -0.0537. The lowest BCUT2D eigenvalue weighted by atomic mass is 10.1. The summed E-state index contributed by atoms with van der Waals surface area (Å²) in [4.78, 5) is 12.5. The third kappa shape index (κ3) is 2.05. The molecule has 0 aliphatic carbocycles. The molecule has 1 aliphatic rings. The van der Waals surface area contributed by atoms with Crippen LogP contribution in [0.2, 0.25) is 0 Å². The van der Waals surface area contributed by atoms with Crippen molar-refractivity contribution in [2.45, 2.75) is 31.5 Å². The number of hydrogen-bond donors (Lipinski definition) is 3. The van der Waals surface area contributed by atoms with E-state index in [-0.39, 0.29) is 6.01 Å². The maximum atomic E-state index is 10.1. The van der Waals surface area contributed by atoms with Gasteiger partial charge in [-0.1, -0.05) is 0 Å². The largest absolute Gasteiger partial charge is 0.468 e. The Labute approximate surface area is 119 Å². The summed E-state index contributed by atoms with van der Waals surface area (Å²) in [6.45, 7) is 1.37. The number of rotatable bonds is 3. The summed E-state index contributed by atoms with van der Waals surface area (Å²) in [5.41, 5.74) is 1.60. The molecule has 2 aromatic heterocycles. The van der Waals surface area contributed by atoms with Gasteiger partial charge < -0.3 is 24.8 Å². The van der Waals surface area contributed by atoms with Crippen LogP contribution in [0.4, 0.5) is 0 Å². The number of imidazole rings is 1. The van der Waals surface area contributed by atoms with Crippen LogP contribution in [0.1, 0.15) is 11.9 Å². The molecule has 21 heavy (non-hydrogen) atoms. The fraction of sp³-hybridized carbons (Fsp3) is 0.583. The van der Waals surface area contributed by atoms with Gasteiger partial charge in [-0.2, -0.15) is 4.98 Å². The number of hydrogen-bond acceptors (Lipinski definition) is 8. The molecule has 1 fully saturated rings. The van der Waals surface area contributed by atoms with E-state index in [1.807, 2.05) is 0 Å². The molecule has 0 aromatic carbocycles. The summed E-state index contributed by atoms with van der Waals surface area (Å²) in [6, 6.07) is 0.184. The van der Waals surface area contributed by atoms with E-state index in [0.717, 1.165) is 0 Å². The van der Waals surface area contributed by atoms with Gasteiger partial charge in [0.1, 0.15) is 30.2 Å². The van der Waals surface area contributed by atoms with E-state index < -0.39 is 31.1 Å². The molecule has 0 bridgehead atoms. The maximum Gasteiger partial charge on any atom is 0.300 e. The van der Waals surface area contributed by atoms with Crippen LogP contribution in [-0.2, 0) is 4.74 Å². The monoisotopic (exact) mass is 296 g/mol. The topological polar surface area (TPSA) is 123 Å². The van der Waals surface area contributed by atoms with E-state index >= 15 is 0 Å². The van der Waals surface area contributed by atoms with Gasteiger partial charge in [0.25, 0.3) is 0 Å². The van der Waals surface area contributed by atoms with Crippen molar-refractivity contribution in [2.75, 3.05) is 13.7 Å². The van der Waals surface area contributed by atoms with Crippen LogP contribution < -0.4 is 4.74 Å². The SMILES string of the molecule is COc1nc2c(C)ncnc2n1[C@@H]1O[C@H](CO)[C@@H](O)[C@H]1O. The Balaban J connectivity index is 2.14. The minimum Gasteiger partial charge on any atom is -0.468 e. The molecule has 9 heteroatoms. The Morgan fingerprint density at radius 1 is 1.33 bits per heavy atom. The van der Waals surface area contributed by atoms with Crippen LogP contribution in [0.3, 0.4) is 0 Å². The fourth-order valence-electron chi connectivity index (χ4n) is 2.47. The first-order valence-corrected chi connectivity index (χ1v) is 6.44. The van der Waals surface area contributed by atoms with Crippen molar-refractivity contribution >= 4 is 11.2 Å². The van der Waals surface area contributed by atoms with E-state index in [4.69, 9.17) is 9.47 Å². The normalized spacial score (nSPS) is 29.2. The highest BCUT2D eigenvalue weighted by Gasteiger charge is 2.45. The Bertz CT molecular complexity index is 660.